The molecule has 1 aliphatic rings. The highest BCUT2D eigenvalue weighted by Crippen LogP contribution is 1.90. The lowest BCUT2D eigenvalue weighted by Crippen LogP contribution is -2.09. The quantitative estimate of drug-likeness (QED) is 0.456. The van der Waals surface area contributed by atoms with E-state index < -0.39 is 0 Å². The van der Waals surface area contributed by atoms with Crippen molar-refractivity contribution in [3.63, 3.8) is 0 Å². The van der Waals surface area contributed by atoms with Gasteiger partial charge in [-0.05, 0) is 12.2 Å². The molecular formula is C5H6NO. The molecule has 1 radical (unpaired) electrons. The van der Waals surface area contributed by atoms with Crippen molar-refractivity contribution in [1.82, 2.24) is 5.32 Å². The van der Waals surface area contributed by atoms with Crippen LogP contribution in [0.1, 0.15) is 0 Å². The Labute approximate surface area is 42.2 Å². The molecule has 2 heteroatoms. The minimum absolute atomic E-state index is 0.242. The molecule has 0 unspecified atom stereocenters. The van der Waals surface area contributed by atoms with Crippen LogP contribution < -0.4 is 5.32 Å². The standard InChI is InChI=1S/C5H6NO/c7-5-2-1-3-6-4-5/h2,4,6-7H,3H2. The fourth-order valence-corrected chi connectivity index (χ4v) is 0.412. The second-order valence-corrected chi connectivity index (χ2v) is 1.30. The van der Waals surface area contributed by atoms with Crippen molar-refractivity contribution >= 4 is 0 Å². The largest absolute Gasteiger partial charge is 0.506 e. The van der Waals surface area contributed by atoms with Crippen LogP contribution in [0.3, 0.4) is 0 Å². The average molecular weight is 96.1 g/mol. The van der Waals surface area contributed by atoms with Gasteiger partial charge in [-0.25, -0.2) is 0 Å². The first-order chi connectivity index (χ1) is 3.39. The van der Waals surface area contributed by atoms with E-state index in [9.17, 15) is 0 Å². The van der Waals surface area contributed by atoms with Gasteiger partial charge in [0, 0.05) is 12.7 Å². The molecule has 2 N–H and O–H groups in total. The van der Waals surface area contributed by atoms with Gasteiger partial charge in [0.15, 0.2) is 0 Å². The normalized spacial score (nSPS) is 18.0. The number of aliphatic hydroxyl groups excluding tert-OH is 1. The topological polar surface area (TPSA) is 32.3 Å². The monoisotopic (exact) mass is 96.0 g/mol. The predicted molar refractivity (Wildman–Crippen MR) is 26.5 cm³/mol. The summed E-state index contributed by atoms with van der Waals surface area (Å²) in [5, 5.41) is 11.4. The summed E-state index contributed by atoms with van der Waals surface area (Å²) in [7, 11) is 0. The van der Waals surface area contributed by atoms with Gasteiger partial charge in [-0.1, -0.05) is 0 Å². The number of rotatable bonds is 0. The number of hydrogen-bond donors (Lipinski definition) is 2. The fourth-order valence-electron chi connectivity index (χ4n) is 0.412. The Morgan fingerprint density at radius 3 is 3.00 bits per heavy atom. The molecule has 1 aliphatic heterocycles. The number of nitrogens with one attached hydrogen (secondary N) is 1. The zero-order valence-corrected chi connectivity index (χ0v) is 3.81. The van der Waals surface area contributed by atoms with Crippen LogP contribution in [-0.4, -0.2) is 11.7 Å². The van der Waals surface area contributed by atoms with E-state index in [1.807, 2.05) is 0 Å². The maximum atomic E-state index is 8.59. The molecular weight excluding hydrogens is 90.1 g/mol. The first-order valence-electron chi connectivity index (χ1n) is 2.09. The summed E-state index contributed by atoms with van der Waals surface area (Å²) < 4.78 is 0. The second-order valence-electron chi connectivity index (χ2n) is 1.30. The Morgan fingerprint density at radius 1 is 1.86 bits per heavy atom. The third-order valence-electron chi connectivity index (χ3n) is 0.704. The Balaban J connectivity index is 2.58. The molecule has 0 bridgehead atoms. The lowest BCUT2D eigenvalue weighted by Gasteiger charge is -1.99. The average Bonchev–Trinajstić information content (AvgIpc) is 1.69. The maximum absolute atomic E-state index is 8.59. The van der Waals surface area contributed by atoms with Crippen LogP contribution in [0.5, 0.6) is 0 Å². The van der Waals surface area contributed by atoms with Gasteiger partial charge in [-0.15, -0.1) is 0 Å². The van der Waals surface area contributed by atoms with E-state index >= 15 is 0 Å². The zero-order chi connectivity index (χ0) is 5.11. The molecule has 0 fully saturated rings. The van der Waals surface area contributed by atoms with Crippen LogP contribution >= 0.6 is 0 Å². The predicted octanol–water partition coefficient (Wildman–Crippen LogP) is 0.348. The number of allylic oxidation sites excluding steroid dienone is 1. The Morgan fingerprint density at radius 2 is 2.71 bits per heavy atom. The number of hydrogen-bond acceptors (Lipinski definition) is 2. The molecule has 0 atom stereocenters. The zero-order valence-electron chi connectivity index (χ0n) is 3.81. The molecule has 7 heavy (non-hydrogen) atoms. The number of dihydropyridines is 1. The lowest BCUT2D eigenvalue weighted by atomic mass is 10.4. The molecule has 0 aromatic rings. The van der Waals surface area contributed by atoms with Gasteiger partial charge in [0.05, 0.1) is 0 Å². The Bertz CT molecular complexity index is 115. The molecule has 37 valence electrons. The molecule has 0 aliphatic carbocycles. The highest BCUT2D eigenvalue weighted by atomic mass is 16.3. The molecule has 0 saturated heterocycles. The van der Waals surface area contributed by atoms with Gasteiger partial charge < -0.3 is 10.4 Å². The number of aliphatic hydroxyl groups is 1. The molecule has 0 saturated carbocycles. The van der Waals surface area contributed by atoms with E-state index in [0.717, 1.165) is 0 Å². The molecule has 0 aromatic heterocycles. The summed E-state index contributed by atoms with van der Waals surface area (Å²) in [5.41, 5.74) is 0. The first-order valence-corrected chi connectivity index (χ1v) is 2.09. The van der Waals surface area contributed by atoms with E-state index in [2.05, 4.69) is 11.4 Å². The molecule has 1 heterocycles. The van der Waals surface area contributed by atoms with Crippen molar-refractivity contribution in [1.29, 1.82) is 0 Å². The smallest absolute Gasteiger partial charge is 0.131 e. The summed E-state index contributed by atoms with van der Waals surface area (Å²) in [6, 6.07) is 0. The summed E-state index contributed by atoms with van der Waals surface area (Å²) in [6.45, 7) is 0.698. The SMILES string of the molecule is OC1=CNC[C]=C1. The second kappa shape index (κ2) is 1.69. The third kappa shape index (κ3) is 0.961. The summed E-state index contributed by atoms with van der Waals surface area (Å²) in [5.74, 6) is 0.242. The van der Waals surface area contributed by atoms with Crippen LogP contribution in [0.2, 0.25) is 0 Å². The Kier molecular flexibility index (Phi) is 1.02. The maximum Gasteiger partial charge on any atom is 0.131 e. The van der Waals surface area contributed by atoms with Crippen LogP contribution in [0.4, 0.5) is 0 Å². The Hall–Kier alpha value is -0.920. The van der Waals surface area contributed by atoms with Crippen molar-refractivity contribution in [2.24, 2.45) is 0 Å². The van der Waals surface area contributed by atoms with E-state index in [0.29, 0.717) is 6.54 Å². The van der Waals surface area contributed by atoms with Gasteiger partial charge in [-0.3, -0.25) is 0 Å². The highest BCUT2D eigenvalue weighted by Gasteiger charge is 1.87. The summed E-state index contributed by atoms with van der Waals surface area (Å²) >= 11 is 0. The van der Waals surface area contributed by atoms with E-state index in [1.165, 1.54) is 12.3 Å². The van der Waals surface area contributed by atoms with Crippen LogP contribution in [0, 0.1) is 6.08 Å². The van der Waals surface area contributed by atoms with Crippen LogP contribution in [0.15, 0.2) is 18.0 Å². The fraction of sp³-hybridized carbons (Fsp3) is 0.200. The van der Waals surface area contributed by atoms with Crippen molar-refractivity contribution in [3.05, 3.63) is 24.1 Å². The van der Waals surface area contributed by atoms with E-state index in [-0.39, 0.29) is 5.76 Å². The summed E-state index contributed by atoms with van der Waals surface area (Å²) in [6.07, 6.45) is 5.86. The van der Waals surface area contributed by atoms with Crippen molar-refractivity contribution < 1.29 is 5.11 Å². The van der Waals surface area contributed by atoms with Gasteiger partial charge in [0.2, 0.25) is 0 Å². The first kappa shape index (κ1) is 4.24. The van der Waals surface area contributed by atoms with Gasteiger partial charge >= 0.3 is 0 Å². The van der Waals surface area contributed by atoms with Crippen molar-refractivity contribution in [2.75, 3.05) is 6.54 Å². The third-order valence-corrected chi connectivity index (χ3v) is 0.704. The molecule has 0 spiro atoms. The van der Waals surface area contributed by atoms with Crippen LogP contribution in [-0.2, 0) is 0 Å². The molecule has 0 aromatic carbocycles. The van der Waals surface area contributed by atoms with E-state index in [4.69, 9.17) is 5.11 Å². The summed E-state index contributed by atoms with van der Waals surface area (Å²) in [4.78, 5) is 0. The van der Waals surface area contributed by atoms with E-state index in [1.54, 1.807) is 0 Å². The molecule has 1 rings (SSSR count). The van der Waals surface area contributed by atoms with Crippen LogP contribution in [0.25, 0.3) is 0 Å². The van der Waals surface area contributed by atoms with Gasteiger partial charge in [-0.2, -0.15) is 0 Å². The minimum atomic E-state index is 0.242. The molecule has 2 nitrogen and oxygen atoms in total. The van der Waals surface area contributed by atoms with Gasteiger partial charge in [0.1, 0.15) is 5.76 Å². The van der Waals surface area contributed by atoms with Crippen molar-refractivity contribution in [3.8, 4) is 0 Å². The highest BCUT2D eigenvalue weighted by molar-refractivity contribution is 5.10. The van der Waals surface area contributed by atoms with Gasteiger partial charge in [0.25, 0.3) is 0 Å². The minimum Gasteiger partial charge on any atom is -0.506 e. The van der Waals surface area contributed by atoms with Crippen molar-refractivity contribution in [2.45, 2.75) is 0 Å². The molecule has 0 amide bonds. The lowest BCUT2D eigenvalue weighted by molar-refractivity contribution is 0.424.